The number of hydrogen-bond donors (Lipinski definition) is 2. The Hall–Kier alpha value is -0.540. The summed E-state index contributed by atoms with van der Waals surface area (Å²) in [6.45, 7) is 0.225. The summed E-state index contributed by atoms with van der Waals surface area (Å²) in [6.07, 6.45) is 4.56. The second kappa shape index (κ2) is 4.54. The zero-order chi connectivity index (χ0) is 10.7. The molecule has 1 aromatic rings. The fourth-order valence-electron chi connectivity index (χ4n) is 2.21. The first-order valence-corrected chi connectivity index (χ1v) is 6.18. The van der Waals surface area contributed by atoms with E-state index in [2.05, 4.69) is 21.2 Å². The van der Waals surface area contributed by atoms with Crippen LogP contribution in [0.25, 0.3) is 0 Å². The molecule has 2 rings (SSSR count). The Morgan fingerprint density at radius 3 is 2.33 bits per heavy atom. The van der Waals surface area contributed by atoms with Crippen molar-refractivity contribution in [3.63, 3.8) is 0 Å². The van der Waals surface area contributed by atoms with Gasteiger partial charge in [-0.1, -0.05) is 28.8 Å². The molecule has 0 aromatic heterocycles. The lowest BCUT2D eigenvalue weighted by molar-refractivity contribution is 0.214. The topological polar surface area (TPSA) is 32.3 Å². The normalized spacial score (nSPS) is 19.1. The maximum Gasteiger partial charge on any atom is 0.0661 e. The van der Waals surface area contributed by atoms with Gasteiger partial charge < -0.3 is 10.4 Å². The first-order valence-electron chi connectivity index (χ1n) is 5.39. The molecular weight excluding hydrogens is 254 g/mol. The number of aliphatic hydroxyl groups is 1. The van der Waals surface area contributed by atoms with E-state index < -0.39 is 0 Å². The molecule has 0 amide bonds. The van der Waals surface area contributed by atoms with Crippen LogP contribution in [0, 0.1) is 0 Å². The van der Waals surface area contributed by atoms with Crippen LogP contribution in [0.1, 0.15) is 25.7 Å². The third-order valence-electron chi connectivity index (χ3n) is 3.12. The first-order chi connectivity index (χ1) is 7.24. The fraction of sp³-hybridized carbons (Fsp3) is 0.500. The quantitative estimate of drug-likeness (QED) is 0.884. The number of rotatable bonds is 3. The van der Waals surface area contributed by atoms with E-state index in [1.807, 2.05) is 24.3 Å². The van der Waals surface area contributed by atoms with Gasteiger partial charge in [0.1, 0.15) is 0 Å². The molecule has 3 heteroatoms. The van der Waals surface area contributed by atoms with E-state index in [1.54, 1.807) is 0 Å². The molecule has 0 unspecified atom stereocenters. The lowest BCUT2D eigenvalue weighted by Gasteiger charge is -2.29. The number of hydrogen-bond acceptors (Lipinski definition) is 2. The summed E-state index contributed by atoms with van der Waals surface area (Å²) in [5, 5.41) is 12.9. The second-order valence-electron chi connectivity index (χ2n) is 4.28. The number of halogens is 1. The molecule has 2 nitrogen and oxygen atoms in total. The van der Waals surface area contributed by atoms with Crippen LogP contribution in [-0.4, -0.2) is 17.3 Å². The van der Waals surface area contributed by atoms with Crippen molar-refractivity contribution in [1.29, 1.82) is 0 Å². The molecule has 0 aliphatic heterocycles. The SMILES string of the molecule is OCC1(Nc2ccc(Br)cc2)CCCC1. The summed E-state index contributed by atoms with van der Waals surface area (Å²) in [5.41, 5.74) is 1.02. The maximum atomic E-state index is 9.46. The van der Waals surface area contributed by atoms with Crippen molar-refractivity contribution in [2.45, 2.75) is 31.2 Å². The smallest absolute Gasteiger partial charge is 0.0661 e. The van der Waals surface area contributed by atoms with Gasteiger partial charge in [0, 0.05) is 10.2 Å². The minimum Gasteiger partial charge on any atom is -0.394 e. The standard InChI is InChI=1S/C12H16BrNO/c13-10-3-5-11(6-4-10)14-12(9-15)7-1-2-8-12/h3-6,14-15H,1-2,7-9H2. The van der Waals surface area contributed by atoms with Crippen molar-refractivity contribution in [2.75, 3.05) is 11.9 Å². The molecule has 2 N–H and O–H groups in total. The average Bonchev–Trinajstić information content (AvgIpc) is 2.71. The summed E-state index contributed by atoms with van der Waals surface area (Å²) >= 11 is 3.41. The highest BCUT2D eigenvalue weighted by Gasteiger charge is 2.32. The molecule has 0 spiro atoms. The van der Waals surface area contributed by atoms with E-state index in [9.17, 15) is 5.11 Å². The Bertz CT molecular complexity index is 317. The van der Waals surface area contributed by atoms with E-state index >= 15 is 0 Å². The highest BCUT2D eigenvalue weighted by atomic mass is 79.9. The van der Waals surface area contributed by atoms with Crippen LogP contribution in [0.4, 0.5) is 5.69 Å². The van der Waals surface area contributed by atoms with Crippen LogP contribution in [0.2, 0.25) is 0 Å². The van der Waals surface area contributed by atoms with Gasteiger partial charge in [-0.25, -0.2) is 0 Å². The number of nitrogens with one attached hydrogen (secondary N) is 1. The lowest BCUT2D eigenvalue weighted by Crippen LogP contribution is -2.38. The Kier molecular flexibility index (Phi) is 3.32. The molecule has 0 atom stereocenters. The largest absolute Gasteiger partial charge is 0.394 e. The van der Waals surface area contributed by atoms with Crippen molar-refractivity contribution in [2.24, 2.45) is 0 Å². The van der Waals surface area contributed by atoms with Gasteiger partial charge >= 0.3 is 0 Å². The van der Waals surface area contributed by atoms with Crippen molar-refractivity contribution in [3.05, 3.63) is 28.7 Å². The zero-order valence-electron chi connectivity index (χ0n) is 8.67. The van der Waals surface area contributed by atoms with Crippen molar-refractivity contribution < 1.29 is 5.11 Å². The van der Waals surface area contributed by atoms with Crippen LogP contribution in [-0.2, 0) is 0 Å². The lowest BCUT2D eigenvalue weighted by atomic mass is 9.98. The molecule has 0 heterocycles. The van der Waals surface area contributed by atoms with Gasteiger partial charge in [-0.2, -0.15) is 0 Å². The van der Waals surface area contributed by atoms with Gasteiger partial charge in [0.2, 0.25) is 0 Å². The third kappa shape index (κ3) is 2.52. The van der Waals surface area contributed by atoms with Gasteiger partial charge in [0.25, 0.3) is 0 Å². The Morgan fingerprint density at radius 1 is 1.20 bits per heavy atom. The van der Waals surface area contributed by atoms with E-state index in [0.717, 1.165) is 23.0 Å². The average molecular weight is 270 g/mol. The number of aliphatic hydroxyl groups excluding tert-OH is 1. The molecule has 0 radical (unpaired) electrons. The fourth-order valence-corrected chi connectivity index (χ4v) is 2.48. The molecule has 15 heavy (non-hydrogen) atoms. The van der Waals surface area contributed by atoms with Crippen LogP contribution in [0.15, 0.2) is 28.7 Å². The van der Waals surface area contributed by atoms with Crippen molar-refractivity contribution >= 4 is 21.6 Å². The summed E-state index contributed by atoms with van der Waals surface area (Å²) in [6, 6.07) is 8.12. The molecule has 1 saturated carbocycles. The zero-order valence-corrected chi connectivity index (χ0v) is 10.3. The van der Waals surface area contributed by atoms with E-state index in [1.165, 1.54) is 12.8 Å². The summed E-state index contributed by atoms with van der Waals surface area (Å²) in [5.74, 6) is 0. The minimum atomic E-state index is -0.0756. The van der Waals surface area contributed by atoms with E-state index in [4.69, 9.17) is 0 Å². The van der Waals surface area contributed by atoms with Crippen molar-refractivity contribution in [1.82, 2.24) is 0 Å². The number of benzene rings is 1. The van der Waals surface area contributed by atoms with E-state index in [0.29, 0.717) is 0 Å². The molecule has 1 aliphatic rings. The molecule has 82 valence electrons. The second-order valence-corrected chi connectivity index (χ2v) is 5.19. The third-order valence-corrected chi connectivity index (χ3v) is 3.65. The predicted molar refractivity (Wildman–Crippen MR) is 66.0 cm³/mol. The molecule has 1 fully saturated rings. The van der Waals surface area contributed by atoms with Crippen LogP contribution < -0.4 is 5.32 Å². The van der Waals surface area contributed by atoms with Crippen LogP contribution >= 0.6 is 15.9 Å². The molecule has 1 aromatic carbocycles. The molecule has 1 aliphatic carbocycles. The molecular formula is C12H16BrNO. The van der Waals surface area contributed by atoms with Crippen LogP contribution in [0.3, 0.4) is 0 Å². The maximum absolute atomic E-state index is 9.46. The highest BCUT2D eigenvalue weighted by Crippen LogP contribution is 2.32. The summed E-state index contributed by atoms with van der Waals surface area (Å²) < 4.78 is 1.08. The Labute approximate surface area is 98.8 Å². The first kappa shape index (κ1) is 11.0. The molecule has 0 saturated heterocycles. The van der Waals surface area contributed by atoms with Gasteiger partial charge in [0.05, 0.1) is 12.1 Å². The minimum absolute atomic E-state index is 0.0756. The van der Waals surface area contributed by atoms with Gasteiger partial charge in [0.15, 0.2) is 0 Å². The summed E-state index contributed by atoms with van der Waals surface area (Å²) in [4.78, 5) is 0. The Balaban J connectivity index is 2.09. The Morgan fingerprint density at radius 2 is 1.80 bits per heavy atom. The van der Waals surface area contributed by atoms with Gasteiger partial charge in [-0.3, -0.25) is 0 Å². The number of anilines is 1. The highest BCUT2D eigenvalue weighted by molar-refractivity contribution is 9.10. The predicted octanol–water partition coefficient (Wildman–Crippen LogP) is 3.17. The summed E-state index contributed by atoms with van der Waals surface area (Å²) in [7, 11) is 0. The van der Waals surface area contributed by atoms with Gasteiger partial charge in [-0.15, -0.1) is 0 Å². The van der Waals surface area contributed by atoms with Gasteiger partial charge in [-0.05, 0) is 37.1 Å². The van der Waals surface area contributed by atoms with E-state index in [-0.39, 0.29) is 12.1 Å². The monoisotopic (exact) mass is 269 g/mol. The van der Waals surface area contributed by atoms with Crippen LogP contribution in [0.5, 0.6) is 0 Å². The molecule has 0 bridgehead atoms. The van der Waals surface area contributed by atoms with Crippen molar-refractivity contribution in [3.8, 4) is 0 Å².